The molecule has 0 aliphatic carbocycles. The van der Waals surface area contributed by atoms with Crippen molar-refractivity contribution in [1.29, 1.82) is 0 Å². The van der Waals surface area contributed by atoms with Crippen molar-refractivity contribution in [2.75, 3.05) is 14.2 Å². The van der Waals surface area contributed by atoms with Crippen molar-refractivity contribution in [3.63, 3.8) is 0 Å². The van der Waals surface area contributed by atoms with Gasteiger partial charge in [-0.3, -0.25) is 4.72 Å². The summed E-state index contributed by atoms with van der Waals surface area (Å²) in [6.07, 6.45) is 0. The third-order valence-electron chi connectivity index (χ3n) is 0.911. The Balaban J connectivity index is 3.99. The Hall–Kier alpha value is 0.880. The second-order valence-corrected chi connectivity index (χ2v) is 9.39. The van der Waals surface area contributed by atoms with Crippen molar-refractivity contribution in [2.24, 2.45) is 0 Å². The summed E-state index contributed by atoms with van der Waals surface area (Å²) >= 11 is 6.50. The standard InChI is InChI=1S/C6H16NO2PS2/c1-6(2,3)7-12-10(11,8-4)9-5/h7H,1-5H3. The molecule has 0 bridgehead atoms. The minimum atomic E-state index is -2.14. The topological polar surface area (TPSA) is 30.5 Å². The third kappa shape index (κ3) is 5.51. The van der Waals surface area contributed by atoms with Gasteiger partial charge in [0.25, 0.3) is 5.69 Å². The normalized spacial score (nSPS) is 13.4. The Morgan fingerprint density at radius 3 is 1.92 bits per heavy atom. The SMILES string of the molecule is COP(=S)(OC)SNC(C)(C)C. The summed E-state index contributed by atoms with van der Waals surface area (Å²) in [5.74, 6) is 0. The van der Waals surface area contributed by atoms with Crippen LogP contribution < -0.4 is 4.72 Å². The van der Waals surface area contributed by atoms with Gasteiger partial charge in [-0.05, 0) is 32.6 Å². The van der Waals surface area contributed by atoms with Gasteiger partial charge in [-0.2, -0.15) is 0 Å². The van der Waals surface area contributed by atoms with Crippen molar-refractivity contribution in [2.45, 2.75) is 26.3 Å². The molecule has 0 radical (unpaired) electrons. The fraction of sp³-hybridized carbons (Fsp3) is 1.00. The van der Waals surface area contributed by atoms with Crippen LogP contribution in [0.25, 0.3) is 0 Å². The summed E-state index contributed by atoms with van der Waals surface area (Å²) in [5, 5.41) is 0. The second-order valence-electron chi connectivity index (χ2n) is 3.26. The number of hydrogen-bond donors (Lipinski definition) is 1. The third-order valence-corrected chi connectivity index (χ3v) is 6.14. The van der Waals surface area contributed by atoms with Gasteiger partial charge in [-0.15, -0.1) is 0 Å². The first-order valence-electron chi connectivity index (χ1n) is 3.50. The molecule has 0 aromatic heterocycles. The maximum absolute atomic E-state index is 5.14. The van der Waals surface area contributed by atoms with Crippen LogP contribution in [0.1, 0.15) is 20.8 Å². The maximum atomic E-state index is 5.14. The number of hydrogen-bond acceptors (Lipinski definition) is 5. The average molecular weight is 229 g/mol. The van der Waals surface area contributed by atoms with Crippen molar-refractivity contribution in [1.82, 2.24) is 4.72 Å². The Morgan fingerprint density at radius 2 is 1.67 bits per heavy atom. The summed E-state index contributed by atoms with van der Waals surface area (Å²) in [6.45, 7) is 6.18. The van der Waals surface area contributed by atoms with Crippen molar-refractivity contribution < 1.29 is 9.05 Å². The average Bonchev–Trinajstić information content (AvgIpc) is 1.99. The minimum absolute atomic E-state index is 0.0196. The Kier molecular flexibility index (Phi) is 5.30. The summed E-state index contributed by atoms with van der Waals surface area (Å²) < 4.78 is 13.3. The van der Waals surface area contributed by atoms with Gasteiger partial charge in [-0.25, -0.2) is 0 Å². The highest BCUT2D eigenvalue weighted by Gasteiger charge is 2.20. The van der Waals surface area contributed by atoms with Crippen LogP contribution in [0.15, 0.2) is 0 Å². The van der Waals surface area contributed by atoms with Crippen LogP contribution in [0.4, 0.5) is 0 Å². The predicted octanol–water partition coefficient (Wildman–Crippen LogP) is 2.54. The van der Waals surface area contributed by atoms with Crippen LogP contribution in [0.3, 0.4) is 0 Å². The van der Waals surface area contributed by atoms with E-state index >= 15 is 0 Å². The molecule has 0 rings (SSSR count). The molecule has 6 heteroatoms. The second kappa shape index (κ2) is 4.94. The minimum Gasteiger partial charge on any atom is -0.324 e. The van der Waals surface area contributed by atoms with Crippen LogP contribution in [0.5, 0.6) is 0 Å². The van der Waals surface area contributed by atoms with E-state index in [0.717, 1.165) is 0 Å². The monoisotopic (exact) mass is 229 g/mol. The molecule has 1 N–H and O–H groups in total. The van der Waals surface area contributed by atoms with E-state index in [0.29, 0.717) is 0 Å². The van der Waals surface area contributed by atoms with E-state index in [9.17, 15) is 0 Å². The van der Waals surface area contributed by atoms with Crippen LogP contribution in [-0.2, 0) is 20.9 Å². The van der Waals surface area contributed by atoms with Gasteiger partial charge in [0, 0.05) is 31.3 Å². The van der Waals surface area contributed by atoms with Gasteiger partial charge in [0.1, 0.15) is 0 Å². The fourth-order valence-electron chi connectivity index (χ4n) is 0.342. The quantitative estimate of drug-likeness (QED) is 0.591. The lowest BCUT2D eigenvalue weighted by Gasteiger charge is -2.24. The highest BCUT2D eigenvalue weighted by molar-refractivity contribution is 8.67. The van der Waals surface area contributed by atoms with Crippen LogP contribution >= 0.6 is 17.3 Å². The number of nitrogens with one attached hydrogen (secondary N) is 1. The van der Waals surface area contributed by atoms with E-state index in [4.69, 9.17) is 20.9 Å². The molecule has 0 aliphatic heterocycles. The summed E-state index contributed by atoms with van der Waals surface area (Å²) in [4.78, 5) is 0. The van der Waals surface area contributed by atoms with Crippen LogP contribution in [0, 0.1) is 0 Å². The zero-order valence-corrected chi connectivity index (χ0v) is 10.6. The lowest BCUT2D eigenvalue weighted by Crippen LogP contribution is -2.29. The first-order valence-corrected chi connectivity index (χ1v) is 7.56. The summed E-state index contributed by atoms with van der Waals surface area (Å²) in [6, 6.07) is 0. The molecular formula is C6H16NO2PS2. The molecule has 0 unspecified atom stereocenters. The molecule has 0 amide bonds. The van der Waals surface area contributed by atoms with E-state index in [1.54, 1.807) is 14.2 Å². The van der Waals surface area contributed by atoms with Gasteiger partial charge >= 0.3 is 0 Å². The molecule has 3 nitrogen and oxygen atoms in total. The Labute approximate surface area is 83.6 Å². The van der Waals surface area contributed by atoms with E-state index in [1.807, 2.05) is 0 Å². The lowest BCUT2D eigenvalue weighted by atomic mass is 10.1. The van der Waals surface area contributed by atoms with Crippen LogP contribution in [0.2, 0.25) is 0 Å². The highest BCUT2D eigenvalue weighted by Crippen LogP contribution is 2.58. The molecule has 0 heterocycles. The summed E-state index contributed by atoms with van der Waals surface area (Å²) in [7, 11) is 3.14. The van der Waals surface area contributed by atoms with Crippen molar-refractivity contribution in [3.8, 4) is 0 Å². The maximum Gasteiger partial charge on any atom is 0.261 e. The van der Waals surface area contributed by atoms with Crippen molar-refractivity contribution in [3.05, 3.63) is 0 Å². The largest absolute Gasteiger partial charge is 0.324 e. The molecule has 0 saturated heterocycles. The van der Waals surface area contributed by atoms with Crippen molar-refractivity contribution >= 4 is 29.1 Å². The lowest BCUT2D eigenvalue weighted by molar-refractivity contribution is 0.353. The molecule has 0 saturated carbocycles. The number of rotatable bonds is 4. The Morgan fingerprint density at radius 1 is 1.25 bits per heavy atom. The van der Waals surface area contributed by atoms with E-state index in [1.165, 1.54) is 11.6 Å². The zero-order chi connectivity index (χ0) is 9.83. The molecule has 0 fully saturated rings. The smallest absolute Gasteiger partial charge is 0.261 e. The molecule has 0 aromatic rings. The van der Waals surface area contributed by atoms with Gasteiger partial charge in [0.2, 0.25) is 0 Å². The first-order chi connectivity index (χ1) is 5.33. The molecule has 0 atom stereocenters. The summed E-state index contributed by atoms with van der Waals surface area (Å²) in [5.41, 5.74) is -2.12. The van der Waals surface area contributed by atoms with E-state index in [-0.39, 0.29) is 5.54 Å². The first kappa shape index (κ1) is 12.9. The fourth-order valence-corrected chi connectivity index (χ4v) is 2.97. The van der Waals surface area contributed by atoms with Gasteiger partial charge in [0.15, 0.2) is 0 Å². The molecule has 12 heavy (non-hydrogen) atoms. The van der Waals surface area contributed by atoms with E-state index < -0.39 is 5.69 Å². The van der Waals surface area contributed by atoms with Gasteiger partial charge < -0.3 is 9.05 Å². The molecule has 0 aromatic carbocycles. The van der Waals surface area contributed by atoms with Gasteiger partial charge in [0.05, 0.1) is 0 Å². The molecular weight excluding hydrogens is 213 g/mol. The molecule has 74 valence electrons. The van der Waals surface area contributed by atoms with Gasteiger partial charge in [-0.1, -0.05) is 0 Å². The molecule has 0 spiro atoms. The Bertz CT molecular complexity index is 173. The zero-order valence-electron chi connectivity index (χ0n) is 8.08. The van der Waals surface area contributed by atoms with E-state index in [2.05, 4.69) is 25.5 Å². The van der Waals surface area contributed by atoms with Crippen LogP contribution in [-0.4, -0.2) is 19.8 Å². The highest BCUT2D eigenvalue weighted by atomic mass is 32.9. The molecule has 0 aliphatic rings. The predicted molar refractivity (Wildman–Crippen MR) is 58.8 cm³/mol.